The van der Waals surface area contributed by atoms with E-state index in [-0.39, 0.29) is 34.5 Å². The van der Waals surface area contributed by atoms with E-state index in [1.54, 1.807) is 26.3 Å². The first-order valence-corrected chi connectivity index (χ1v) is 7.31. The van der Waals surface area contributed by atoms with Crippen LogP contribution in [0.25, 0.3) is 0 Å². The first-order valence-electron chi connectivity index (χ1n) is 5.90. The molecule has 1 aromatic heterocycles. The zero-order valence-electron chi connectivity index (χ0n) is 12.1. The van der Waals surface area contributed by atoms with E-state index in [9.17, 15) is 13.0 Å². The van der Waals surface area contributed by atoms with Crippen molar-refractivity contribution in [2.75, 3.05) is 0 Å². The Morgan fingerprint density at radius 1 is 1.19 bits per heavy atom. The maximum absolute atomic E-state index is 11.0. The van der Waals surface area contributed by atoms with Gasteiger partial charge in [0.2, 0.25) is 0 Å². The fraction of sp³-hybridized carbons (Fsp3) is 0.143. The summed E-state index contributed by atoms with van der Waals surface area (Å²) in [6, 6.07) is 8.13. The summed E-state index contributed by atoms with van der Waals surface area (Å²) in [5.74, 6) is 0. The topological polar surface area (TPSA) is 82.5 Å². The molecule has 0 saturated heterocycles. The molecule has 0 bridgehead atoms. The molecule has 1 aromatic carbocycles. The number of rotatable bonds is 3. The molecule has 0 fully saturated rings. The van der Waals surface area contributed by atoms with Crippen LogP contribution in [0.2, 0.25) is 0 Å². The van der Waals surface area contributed by atoms with Crippen LogP contribution in [0.1, 0.15) is 16.8 Å². The van der Waals surface area contributed by atoms with Gasteiger partial charge in [0.15, 0.2) is 0 Å². The van der Waals surface area contributed by atoms with Crippen LogP contribution in [0.4, 0.5) is 5.69 Å². The van der Waals surface area contributed by atoms with E-state index in [1.807, 2.05) is 18.2 Å². The number of pyridine rings is 1. The third-order valence-corrected chi connectivity index (χ3v) is 3.58. The molecule has 1 heterocycles. The molecular weight excluding hydrogens is 299 g/mol. The molecular formula is C14H13N2NaO3S. The summed E-state index contributed by atoms with van der Waals surface area (Å²) in [6.07, 6.45) is 3.26. The molecule has 0 unspecified atom stereocenters. The largest absolute Gasteiger partial charge is 1.00 e. The first kappa shape index (κ1) is 18.0. The summed E-state index contributed by atoms with van der Waals surface area (Å²) >= 11 is 0. The van der Waals surface area contributed by atoms with Crippen LogP contribution in [0.15, 0.2) is 46.4 Å². The van der Waals surface area contributed by atoms with E-state index in [0.717, 1.165) is 0 Å². The molecule has 0 aliphatic carbocycles. The second-order valence-corrected chi connectivity index (χ2v) is 5.75. The SMILES string of the molecule is Cc1cc(S(=O)(=O)[O-])cc(C)c1N=Cc1ccccn1.[Na+]. The number of hydrogen-bond acceptors (Lipinski definition) is 5. The third kappa shape index (κ3) is 4.72. The fourth-order valence-corrected chi connectivity index (χ4v) is 2.49. The molecule has 2 aromatic rings. The molecule has 0 aliphatic heterocycles. The smallest absolute Gasteiger partial charge is 0.744 e. The van der Waals surface area contributed by atoms with E-state index >= 15 is 0 Å². The van der Waals surface area contributed by atoms with Gasteiger partial charge in [-0.3, -0.25) is 9.98 Å². The molecule has 5 nitrogen and oxygen atoms in total. The van der Waals surface area contributed by atoms with Crippen molar-refractivity contribution < 1.29 is 42.5 Å². The minimum Gasteiger partial charge on any atom is -0.744 e. The van der Waals surface area contributed by atoms with Crippen LogP contribution in [-0.2, 0) is 10.1 Å². The summed E-state index contributed by atoms with van der Waals surface area (Å²) in [4.78, 5) is 8.20. The number of aliphatic imine (C=N–C) groups is 1. The van der Waals surface area contributed by atoms with Crippen molar-refractivity contribution in [2.24, 2.45) is 4.99 Å². The van der Waals surface area contributed by atoms with Crippen LogP contribution in [0, 0.1) is 13.8 Å². The van der Waals surface area contributed by atoms with E-state index in [4.69, 9.17) is 0 Å². The van der Waals surface area contributed by atoms with E-state index in [1.165, 1.54) is 12.1 Å². The van der Waals surface area contributed by atoms with Crippen molar-refractivity contribution in [3.63, 3.8) is 0 Å². The van der Waals surface area contributed by atoms with Gasteiger partial charge in [-0.15, -0.1) is 0 Å². The van der Waals surface area contributed by atoms with Gasteiger partial charge in [0.25, 0.3) is 0 Å². The zero-order valence-corrected chi connectivity index (χ0v) is 14.9. The summed E-state index contributed by atoms with van der Waals surface area (Å²) in [5.41, 5.74) is 2.60. The minimum atomic E-state index is -4.45. The summed E-state index contributed by atoms with van der Waals surface area (Å²) in [5, 5.41) is 0. The second kappa shape index (κ2) is 7.29. The molecule has 7 heteroatoms. The molecule has 2 rings (SSSR count). The Balaban J connectivity index is 0.00000220. The van der Waals surface area contributed by atoms with Crippen molar-refractivity contribution >= 4 is 22.0 Å². The first-order chi connectivity index (χ1) is 9.38. The van der Waals surface area contributed by atoms with E-state index in [0.29, 0.717) is 22.5 Å². The second-order valence-electron chi connectivity index (χ2n) is 4.37. The molecule has 0 amide bonds. The van der Waals surface area contributed by atoms with Crippen molar-refractivity contribution in [3.8, 4) is 0 Å². The fourth-order valence-electron chi connectivity index (χ4n) is 1.85. The maximum atomic E-state index is 11.0. The molecule has 0 radical (unpaired) electrons. The number of benzene rings is 1. The van der Waals surface area contributed by atoms with Crippen LogP contribution in [-0.4, -0.2) is 24.2 Å². The van der Waals surface area contributed by atoms with Gasteiger partial charge in [-0.05, 0) is 49.2 Å². The van der Waals surface area contributed by atoms with Crippen LogP contribution < -0.4 is 29.6 Å². The standard InChI is InChI=1S/C14H14N2O3S.Na/c1-10-7-13(20(17,18)19)8-11(2)14(10)16-9-12-5-3-4-6-15-12;/h3-9H,1-2H3,(H,17,18,19);/q;+1/p-1. The summed E-state index contributed by atoms with van der Waals surface area (Å²) in [6.45, 7) is 3.43. The Hall–Kier alpha value is -1.05. The Bertz CT molecular complexity index is 736. The number of hydrogen-bond donors (Lipinski definition) is 0. The van der Waals surface area contributed by atoms with Crippen LogP contribution >= 0.6 is 0 Å². The average Bonchev–Trinajstić information content (AvgIpc) is 2.37. The van der Waals surface area contributed by atoms with Gasteiger partial charge in [0, 0.05) is 6.20 Å². The monoisotopic (exact) mass is 312 g/mol. The van der Waals surface area contributed by atoms with Gasteiger partial charge in [-0.25, -0.2) is 8.42 Å². The molecule has 0 atom stereocenters. The Labute approximate surface area is 146 Å². The minimum absolute atomic E-state index is 0. The van der Waals surface area contributed by atoms with Crippen molar-refractivity contribution in [1.29, 1.82) is 0 Å². The average molecular weight is 312 g/mol. The molecule has 0 saturated carbocycles. The third-order valence-electron chi connectivity index (χ3n) is 2.77. The van der Waals surface area contributed by atoms with Gasteiger partial charge >= 0.3 is 29.6 Å². The normalized spacial score (nSPS) is 11.4. The van der Waals surface area contributed by atoms with Crippen LogP contribution in [0.5, 0.6) is 0 Å². The molecule has 0 spiro atoms. The molecule has 0 aliphatic rings. The van der Waals surface area contributed by atoms with Gasteiger partial charge in [-0.1, -0.05) is 6.07 Å². The van der Waals surface area contributed by atoms with Gasteiger partial charge in [-0.2, -0.15) is 0 Å². The van der Waals surface area contributed by atoms with E-state index < -0.39 is 10.1 Å². The van der Waals surface area contributed by atoms with Crippen LogP contribution in [0.3, 0.4) is 0 Å². The predicted octanol–water partition coefficient (Wildman–Crippen LogP) is -0.643. The number of aromatic nitrogens is 1. The quantitative estimate of drug-likeness (QED) is 0.429. The van der Waals surface area contributed by atoms with Crippen molar-refractivity contribution in [2.45, 2.75) is 18.7 Å². The van der Waals surface area contributed by atoms with Crippen molar-refractivity contribution in [3.05, 3.63) is 53.3 Å². The maximum Gasteiger partial charge on any atom is 1.00 e. The predicted molar refractivity (Wildman–Crippen MR) is 75.4 cm³/mol. The number of aryl methyl sites for hydroxylation is 2. The summed E-state index contributed by atoms with van der Waals surface area (Å²) < 4.78 is 33.1. The zero-order chi connectivity index (χ0) is 14.8. The number of nitrogens with zero attached hydrogens (tertiary/aromatic N) is 2. The Morgan fingerprint density at radius 3 is 2.29 bits per heavy atom. The van der Waals surface area contributed by atoms with Gasteiger partial charge in [0.05, 0.1) is 22.5 Å². The summed E-state index contributed by atoms with van der Waals surface area (Å²) in [7, 11) is -4.45. The molecule has 0 N–H and O–H groups in total. The van der Waals surface area contributed by atoms with E-state index in [2.05, 4.69) is 9.98 Å². The Morgan fingerprint density at radius 2 is 1.81 bits per heavy atom. The Kier molecular flexibility index (Phi) is 6.24. The van der Waals surface area contributed by atoms with Crippen molar-refractivity contribution in [1.82, 2.24) is 4.98 Å². The molecule has 104 valence electrons. The van der Waals surface area contributed by atoms with Gasteiger partial charge in [0.1, 0.15) is 10.1 Å². The van der Waals surface area contributed by atoms with Gasteiger partial charge < -0.3 is 4.55 Å². The molecule has 21 heavy (non-hydrogen) atoms.